The molecular formula is C46H68O16S10. The van der Waals surface area contributed by atoms with E-state index in [2.05, 4.69) is 52.6 Å². The minimum atomic E-state index is -0.405. The van der Waals surface area contributed by atoms with E-state index in [4.69, 9.17) is 37.9 Å². The molecule has 0 aromatic rings. The van der Waals surface area contributed by atoms with E-state index in [1.807, 2.05) is 0 Å². The second-order valence-electron chi connectivity index (χ2n) is 11.9. The molecule has 0 saturated carbocycles. The van der Waals surface area contributed by atoms with E-state index >= 15 is 0 Å². The molecule has 408 valence electrons. The summed E-state index contributed by atoms with van der Waals surface area (Å²) in [4.78, 5) is 85.5. The maximum absolute atomic E-state index is 10.7. The predicted octanol–water partition coefficient (Wildman–Crippen LogP) is 11.6. The summed E-state index contributed by atoms with van der Waals surface area (Å²) in [6.45, 7) is 28.2. The minimum Gasteiger partial charge on any atom is -0.463 e. The molecule has 0 aliphatic heterocycles. The van der Waals surface area contributed by atoms with Gasteiger partial charge >= 0.3 is 47.8 Å². The molecule has 72 heavy (non-hydrogen) atoms. The molecule has 0 spiro atoms. The molecule has 16 nitrogen and oxygen atoms in total. The normalized spacial score (nSPS) is 9.56. The Balaban J connectivity index is -0.000000428. The molecule has 0 aromatic heterocycles. The molecule has 0 atom stereocenters. The van der Waals surface area contributed by atoms with Gasteiger partial charge in [0.2, 0.25) is 0 Å². The molecule has 0 radical (unpaired) electrons. The maximum Gasteiger partial charge on any atom is 0.331 e. The average Bonchev–Trinajstić information content (AvgIpc) is 3.40. The van der Waals surface area contributed by atoms with Crippen LogP contribution >= 0.6 is 108 Å². The van der Waals surface area contributed by atoms with Gasteiger partial charge in [-0.1, -0.05) is 161 Å². The SMILES string of the molecule is C=CC(=O)OCCCCCSSCOC(=O)C=C.C=CC(=O)OCCCCCSSCOC(=O)C=C.C=CC(=O)OCCCSSCCCOC(=O)C=C.C=CC(=O)OCSSCCSSCOC(=O)C=C. The van der Waals surface area contributed by atoms with Crippen molar-refractivity contribution in [2.45, 2.75) is 51.4 Å². The fourth-order valence-electron chi connectivity index (χ4n) is 3.16. The molecular weight excluding hydrogens is 1130 g/mol. The zero-order valence-electron chi connectivity index (χ0n) is 40.4. The van der Waals surface area contributed by atoms with E-state index in [9.17, 15) is 38.4 Å². The Morgan fingerprint density at radius 3 is 0.681 bits per heavy atom. The largest absolute Gasteiger partial charge is 0.463 e. The lowest BCUT2D eigenvalue weighted by atomic mass is 10.3. The summed E-state index contributed by atoms with van der Waals surface area (Å²) in [5, 5.41) is 0. The van der Waals surface area contributed by atoms with Crippen molar-refractivity contribution >= 4 is 156 Å². The number of carbonyl (C=O) groups excluding carboxylic acids is 8. The van der Waals surface area contributed by atoms with Gasteiger partial charge in [-0.2, -0.15) is 0 Å². The van der Waals surface area contributed by atoms with Gasteiger partial charge < -0.3 is 37.9 Å². The third kappa shape index (κ3) is 69.3. The number of hydrogen-bond donors (Lipinski definition) is 0. The summed E-state index contributed by atoms with van der Waals surface area (Å²) in [6.07, 6.45) is 16.7. The van der Waals surface area contributed by atoms with Crippen LogP contribution < -0.4 is 0 Å². The maximum atomic E-state index is 10.7. The van der Waals surface area contributed by atoms with Crippen LogP contribution in [0.5, 0.6) is 0 Å². The highest BCUT2D eigenvalue weighted by Crippen LogP contribution is 2.27. The smallest absolute Gasteiger partial charge is 0.331 e. The standard InChI is InChI=1S/3C12H18O4S2.C10H14O4S4/c1-3-11(13)15-7-5-9-17-18-10-6-8-16-12(14)4-2;2*1-3-11(13)15-8-6-5-7-9-17-18-10-16-12(14)4-2;1-3-9(11)13-7-17-15-5-6-16-18-8-14-10(12)4-2/h3*3-4H,1-2,5-10H2;3-4H,1-2,5-8H2. The summed E-state index contributed by atoms with van der Waals surface area (Å²) < 4.78 is 38.5. The van der Waals surface area contributed by atoms with E-state index in [0.717, 1.165) is 134 Å². The fourth-order valence-corrected chi connectivity index (χ4v) is 12.6. The highest BCUT2D eigenvalue weighted by atomic mass is 33.1. The lowest BCUT2D eigenvalue weighted by molar-refractivity contribution is -0.138. The number of rotatable bonds is 44. The van der Waals surface area contributed by atoms with Crippen molar-refractivity contribution < 1.29 is 76.3 Å². The number of esters is 8. The highest BCUT2D eigenvalue weighted by molar-refractivity contribution is 8.78. The Labute approximate surface area is 465 Å². The Hall–Kier alpha value is -2.82. The quantitative estimate of drug-likeness (QED) is 0.0139. The summed E-state index contributed by atoms with van der Waals surface area (Å²) >= 11 is 0. The second kappa shape index (κ2) is 64.3. The van der Waals surface area contributed by atoms with Crippen LogP contribution in [0.25, 0.3) is 0 Å². The number of ether oxygens (including phenoxy) is 8. The third-order valence-electron chi connectivity index (χ3n) is 6.46. The Kier molecular flexibility index (Phi) is 67.6. The fraction of sp³-hybridized carbons (Fsp3) is 0.478. The van der Waals surface area contributed by atoms with Gasteiger partial charge in [-0.05, 0) is 51.4 Å². The van der Waals surface area contributed by atoms with Gasteiger partial charge in [-0.15, -0.1) is 0 Å². The van der Waals surface area contributed by atoms with Crippen molar-refractivity contribution in [3.63, 3.8) is 0 Å². The van der Waals surface area contributed by atoms with Gasteiger partial charge in [0.1, 0.15) is 23.8 Å². The molecule has 0 N–H and O–H groups in total. The summed E-state index contributed by atoms with van der Waals surface area (Å²) in [6, 6.07) is 0. The highest BCUT2D eigenvalue weighted by Gasteiger charge is 2.02. The van der Waals surface area contributed by atoms with Crippen molar-refractivity contribution in [3.8, 4) is 0 Å². The van der Waals surface area contributed by atoms with E-state index in [1.54, 1.807) is 64.8 Å². The third-order valence-corrected chi connectivity index (χ3v) is 17.6. The van der Waals surface area contributed by atoms with Crippen LogP contribution in [0.15, 0.2) is 101 Å². The number of hydrogen-bond acceptors (Lipinski definition) is 26. The van der Waals surface area contributed by atoms with Crippen molar-refractivity contribution in [2.24, 2.45) is 0 Å². The zero-order chi connectivity index (χ0) is 54.6. The number of unbranched alkanes of at least 4 members (excludes halogenated alkanes) is 4. The first-order valence-electron chi connectivity index (χ1n) is 21.4. The van der Waals surface area contributed by atoms with Crippen LogP contribution in [0.4, 0.5) is 0 Å². The van der Waals surface area contributed by atoms with E-state index in [1.165, 1.54) is 43.2 Å². The van der Waals surface area contributed by atoms with Gasteiger partial charge in [-0.25, -0.2) is 38.4 Å². The Morgan fingerprint density at radius 1 is 0.236 bits per heavy atom. The van der Waals surface area contributed by atoms with Gasteiger partial charge in [0.05, 0.1) is 26.4 Å². The van der Waals surface area contributed by atoms with Crippen LogP contribution in [0, 0.1) is 0 Å². The van der Waals surface area contributed by atoms with E-state index in [-0.39, 0.29) is 23.9 Å². The lowest BCUT2D eigenvalue weighted by Gasteiger charge is -2.03. The summed E-state index contributed by atoms with van der Waals surface area (Å²) in [5.41, 5.74) is 0. The first-order chi connectivity index (χ1) is 34.8. The molecule has 0 heterocycles. The predicted molar refractivity (Wildman–Crippen MR) is 311 cm³/mol. The molecule has 0 aliphatic carbocycles. The van der Waals surface area contributed by atoms with Crippen LogP contribution in [-0.2, 0) is 76.3 Å². The minimum absolute atomic E-state index is 0.324. The molecule has 0 bridgehead atoms. The molecule has 0 rings (SSSR count). The van der Waals surface area contributed by atoms with Gasteiger partial charge in [-0.3, -0.25) is 0 Å². The first kappa shape index (κ1) is 75.7. The van der Waals surface area contributed by atoms with E-state index in [0.29, 0.717) is 50.2 Å². The van der Waals surface area contributed by atoms with Crippen LogP contribution in [0.1, 0.15) is 51.4 Å². The van der Waals surface area contributed by atoms with Crippen molar-refractivity contribution in [1.29, 1.82) is 0 Å². The van der Waals surface area contributed by atoms with E-state index < -0.39 is 23.9 Å². The van der Waals surface area contributed by atoms with Crippen molar-refractivity contribution in [3.05, 3.63) is 101 Å². The van der Waals surface area contributed by atoms with Crippen molar-refractivity contribution in [1.82, 2.24) is 0 Å². The average molecular weight is 1200 g/mol. The lowest BCUT2D eigenvalue weighted by Crippen LogP contribution is -2.02. The summed E-state index contributed by atoms with van der Waals surface area (Å²) in [5.74, 6) is 3.86. The Morgan fingerprint density at radius 2 is 0.431 bits per heavy atom. The van der Waals surface area contributed by atoms with Crippen molar-refractivity contribution in [2.75, 3.05) is 84.7 Å². The monoisotopic (exact) mass is 1200 g/mol. The topological polar surface area (TPSA) is 210 Å². The second-order valence-corrected chi connectivity index (χ2v) is 24.7. The van der Waals surface area contributed by atoms with Crippen LogP contribution in [0.2, 0.25) is 0 Å². The van der Waals surface area contributed by atoms with Gasteiger partial charge in [0.25, 0.3) is 0 Å². The van der Waals surface area contributed by atoms with Gasteiger partial charge in [0.15, 0.2) is 0 Å². The van der Waals surface area contributed by atoms with Crippen LogP contribution in [0.3, 0.4) is 0 Å². The van der Waals surface area contributed by atoms with Gasteiger partial charge in [0, 0.05) is 83.1 Å². The molecule has 0 amide bonds. The molecule has 0 fully saturated rings. The summed E-state index contributed by atoms with van der Waals surface area (Å²) in [7, 11) is 15.9. The van der Waals surface area contributed by atoms with Crippen LogP contribution in [-0.4, -0.2) is 132 Å². The Bertz CT molecular complexity index is 1230. The first-order valence-corrected chi connectivity index (χ1v) is 33.8. The molecule has 0 aliphatic rings. The molecule has 0 aromatic carbocycles. The molecule has 26 heteroatoms. The molecule has 0 unspecified atom stereocenters. The number of carbonyl (C=O) groups is 8. The molecule has 0 saturated heterocycles. The zero-order valence-corrected chi connectivity index (χ0v) is 48.6.